The van der Waals surface area contributed by atoms with Gasteiger partial charge in [-0.15, -0.1) is 0 Å². The van der Waals surface area contributed by atoms with Gasteiger partial charge in [0.25, 0.3) is 0 Å². The van der Waals surface area contributed by atoms with Gasteiger partial charge in [-0.3, -0.25) is 10.8 Å². The van der Waals surface area contributed by atoms with Gasteiger partial charge in [0, 0.05) is 11.4 Å². The van der Waals surface area contributed by atoms with E-state index in [1.807, 2.05) is 19.9 Å². The molecule has 3 aromatic rings. The molecule has 0 aliphatic carbocycles. The summed E-state index contributed by atoms with van der Waals surface area (Å²) < 4.78 is 0. The highest BCUT2D eigenvalue weighted by atomic mass is 15.2. The molecule has 1 heterocycles. The molecular weight excluding hydrogens is 258 g/mol. The van der Waals surface area contributed by atoms with E-state index in [-0.39, 0.29) is 6.04 Å². The first-order valence-corrected chi connectivity index (χ1v) is 7.08. The molecule has 106 valence electrons. The average Bonchev–Trinajstić information content (AvgIpc) is 2.50. The van der Waals surface area contributed by atoms with E-state index in [1.165, 1.54) is 16.3 Å². The number of pyridine rings is 1. The van der Waals surface area contributed by atoms with Crippen LogP contribution in [0.1, 0.15) is 28.6 Å². The van der Waals surface area contributed by atoms with Crippen LogP contribution in [0, 0.1) is 13.8 Å². The van der Waals surface area contributed by atoms with E-state index in [9.17, 15) is 0 Å². The smallest absolute Gasteiger partial charge is 0.0733 e. The Labute approximate surface area is 124 Å². The van der Waals surface area contributed by atoms with Crippen LogP contribution in [-0.2, 0) is 0 Å². The number of nitrogens with zero attached hydrogens (tertiary/aromatic N) is 1. The lowest BCUT2D eigenvalue weighted by atomic mass is 9.93. The van der Waals surface area contributed by atoms with Gasteiger partial charge in [-0.05, 0) is 41.8 Å². The number of fused-ring (bicyclic) bond motifs is 1. The van der Waals surface area contributed by atoms with Gasteiger partial charge in [0.15, 0.2) is 0 Å². The summed E-state index contributed by atoms with van der Waals surface area (Å²) in [4.78, 5) is 4.55. The number of aromatic nitrogens is 1. The summed E-state index contributed by atoms with van der Waals surface area (Å²) in [6.07, 6.45) is 0. The highest BCUT2D eigenvalue weighted by molar-refractivity contribution is 5.86. The molecule has 3 N–H and O–H groups in total. The lowest BCUT2D eigenvalue weighted by Crippen LogP contribution is -2.29. The van der Waals surface area contributed by atoms with Crippen molar-refractivity contribution in [3.63, 3.8) is 0 Å². The first-order valence-electron chi connectivity index (χ1n) is 7.08. The van der Waals surface area contributed by atoms with Crippen molar-refractivity contribution in [1.82, 2.24) is 10.4 Å². The molecule has 0 bridgehead atoms. The molecular formula is C18H19N3. The lowest BCUT2D eigenvalue weighted by molar-refractivity contribution is 0.634. The highest BCUT2D eigenvalue weighted by Crippen LogP contribution is 2.29. The number of nitrogens with two attached hydrogens (primary N) is 1. The summed E-state index contributed by atoms with van der Waals surface area (Å²) >= 11 is 0. The number of hydrogen-bond acceptors (Lipinski definition) is 3. The van der Waals surface area contributed by atoms with Crippen LogP contribution in [0.3, 0.4) is 0 Å². The summed E-state index contributed by atoms with van der Waals surface area (Å²) in [5, 5.41) is 2.43. The predicted octanol–water partition coefficient (Wildman–Crippen LogP) is 3.40. The Kier molecular flexibility index (Phi) is 3.69. The zero-order valence-electron chi connectivity index (χ0n) is 12.3. The summed E-state index contributed by atoms with van der Waals surface area (Å²) in [7, 11) is 0. The third-order valence-electron chi connectivity index (χ3n) is 3.88. The van der Waals surface area contributed by atoms with Crippen LogP contribution in [0.5, 0.6) is 0 Å². The van der Waals surface area contributed by atoms with E-state index >= 15 is 0 Å². The number of aryl methyl sites for hydroxylation is 2. The Morgan fingerprint density at radius 3 is 2.43 bits per heavy atom. The Bertz CT molecular complexity index is 775. The van der Waals surface area contributed by atoms with Crippen molar-refractivity contribution in [2.45, 2.75) is 19.9 Å². The fourth-order valence-corrected chi connectivity index (χ4v) is 2.85. The van der Waals surface area contributed by atoms with Crippen molar-refractivity contribution in [2.75, 3.05) is 0 Å². The van der Waals surface area contributed by atoms with E-state index in [0.717, 1.165) is 17.0 Å². The number of benzene rings is 2. The number of nitrogens with one attached hydrogen (secondary N) is 1. The molecule has 21 heavy (non-hydrogen) atoms. The second kappa shape index (κ2) is 5.64. The third-order valence-corrected chi connectivity index (χ3v) is 3.88. The van der Waals surface area contributed by atoms with Crippen LogP contribution in [0.25, 0.3) is 10.8 Å². The van der Waals surface area contributed by atoms with Gasteiger partial charge >= 0.3 is 0 Å². The summed E-state index contributed by atoms with van der Waals surface area (Å²) in [5.74, 6) is 5.86. The van der Waals surface area contributed by atoms with Crippen molar-refractivity contribution in [3.8, 4) is 0 Å². The second-order valence-corrected chi connectivity index (χ2v) is 5.30. The largest absolute Gasteiger partial charge is 0.271 e. The fourth-order valence-electron chi connectivity index (χ4n) is 2.85. The number of rotatable bonds is 3. The van der Waals surface area contributed by atoms with Crippen LogP contribution in [0.15, 0.2) is 54.6 Å². The van der Waals surface area contributed by atoms with E-state index in [0.29, 0.717) is 0 Å². The monoisotopic (exact) mass is 277 g/mol. The van der Waals surface area contributed by atoms with Crippen LogP contribution < -0.4 is 11.3 Å². The second-order valence-electron chi connectivity index (χ2n) is 5.30. The molecule has 0 aliphatic heterocycles. The normalized spacial score (nSPS) is 12.5. The summed E-state index contributed by atoms with van der Waals surface area (Å²) in [6.45, 7) is 4.03. The summed E-state index contributed by atoms with van der Waals surface area (Å²) in [6, 6.07) is 18.7. The maximum Gasteiger partial charge on any atom is 0.0733 e. The van der Waals surface area contributed by atoms with Crippen LogP contribution >= 0.6 is 0 Å². The molecule has 3 nitrogen and oxygen atoms in total. The molecule has 1 unspecified atom stereocenters. The van der Waals surface area contributed by atoms with Crippen molar-refractivity contribution in [3.05, 3.63) is 77.1 Å². The molecule has 0 amide bonds. The Hall–Kier alpha value is -2.23. The first-order chi connectivity index (χ1) is 10.2. The lowest BCUT2D eigenvalue weighted by Gasteiger charge is -2.20. The van der Waals surface area contributed by atoms with Crippen molar-refractivity contribution in [2.24, 2.45) is 5.84 Å². The van der Waals surface area contributed by atoms with Crippen molar-refractivity contribution < 1.29 is 0 Å². The minimum Gasteiger partial charge on any atom is -0.271 e. The minimum atomic E-state index is -0.0656. The standard InChI is InChI=1S/C18H19N3/c1-12-10-11-15(13(2)20-12)18(21-19)17-9-5-7-14-6-3-4-8-16(14)17/h3-11,18,21H,19H2,1-2H3. The van der Waals surface area contributed by atoms with E-state index < -0.39 is 0 Å². The molecule has 0 radical (unpaired) electrons. The van der Waals surface area contributed by atoms with Crippen LogP contribution in [0.4, 0.5) is 0 Å². The fraction of sp³-hybridized carbons (Fsp3) is 0.167. The van der Waals surface area contributed by atoms with Gasteiger partial charge in [0.1, 0.15) is 0 Å². The van der Waals surface area contributed by atoms with Gasteiger partial charge in [-0.1, -0.05) is 48.5 Å². The number of hydrazine groups is 1. The Morgan fingerprint density at radius 2 is 1.67 bits per heavy atom. The molecule has 2 aromatic carbocycles. The molecule has 1 atom stereocenters. The molecule has 1 aromatic heterocycles. The first kappa shape index (κ1) is 13.7. The molecule has 3 heteroatoms. The van der Waals surface area contributed by atoms with Gasteiger partial charge in [0.05, 0.1) is 6.04 Å². The number of hydrogen-bond donors (Lipinski definition) is 2. The quantitative estimate of drug-likeness (QED) is 0.570. The zero-order valence-corrected chi connectivity index (χ0v) is 12.3. The SMILES string of the molecule is Cc1ccc(C(NN)c2cccc3ccccc23)c(C)n1. The van der Waals surface area contributed by atoms with Crippen LogP contribution in [-0.4, -0.2) is 4.98 Å². The molecule has 0 saturated heterocycles. The van der Waals surface area contributed by atoms with Gasteiger partial charge in [-0.2, -0.15) is 0 Å². The Balaban J connectivity index is 2.18. The Morgan fingerprint density at radius 1 is 0.905 bits per heavy atom. The summed E-state index contributed by atoms with van der Waals surface area (Å²) in [5.41, 5.74) is 7.25. The topological polar surface area (TPSA) is 50.9 Å². The van der Waals surface area contributed by atoms with Gasteiger partial charge < -0.3 is 0 Å². The molecule has 0 saturated carbocycles. The van der Waals surface area contributed by atoms with Gasteiger partial charge in [-0.25, -0.2) is 5.43 Å². The van der Waals surface area contributed by atoms with Gasteiger partial charge in [0.2, 0.25) is 0 Å². The predicted molar refractivity (Wildman–Crippen MR) is 86.8 cm³/mol. The van der Waals surface area contributed by atoms with E-state index in [2.05, 4.69) is 58.9 Å². The average molecular weight is 277 g/mol. The molecule has 0 spiro atoms. The maximum absolute atomic E-state index is 5.86. The van der Waals surface area contributed by atoms with E-state index in [4.69, 9.17) is 5.84 Å². The highest BCUT2D eigenvalue weighted by Gasteiger charge is 2.17. The molecule has 0 fully saturated rings. The van der Waals surface area contributed by atoms with Crippen molar-refractivity contribution in [1.29, 1.82) is 0 Å². The zero-order chi connectivity index (χ0) is 14.8. The third kappa shape index (κ3) is 2.53. The molecule has 3 rings (SSSR count). The van der Waals surface area contributed by atoms with Crippen LogP contribution in [0.2, 0.25) is 0 Å². The van der Waals surface area contributed by atoms with E-state index in [1.54, 1.807) is 0 Å². The van der Waals surface area contributed by atoms with Crippen molar-refractivity contribution >= 4 is 10.8 Å². The maximum atomic E-state index is 5.86. The minimum absolute atomic E-state index is 0.0656. The molecule has 0 aliphatic rings.